The highest BCUT2D eigenvalue weighted by Gasteiger charge is 2.45. The molecular formula is C18H36O4. The van der Waals surface area contributed by atoms with E-state index in [1.54, 1.807) is 21.3 Å². The summed E-state index contributed by atoms with van der Waals surface area (Å²) in [5.74, 6) is -0.699. The third kappa shape index (κ3) is 5.48. The van der Waals surface area contributed by atoms with Crippen molar-refractivity contribution >= 4 is 0 Å². The molecule has 0 aromatic heterocycles. The Morgan fingerprint density at radius 3 is 1.95 bits per heavy atom. The first-order valence-electron chi connectivity index (χ1n) is 8.79. The topological polar surface area (TPSA) is 36.9 Å². The predicted octanol–water partition coefficient (Wildman–Crippen LogP) is 4.37. The second-order valence-electron chi connectivity index (χ2n) is 6.98. The molecule has 1 aliphatic heterocycles. The standard InChI is InChI=1S/C18H36O4/c1-6-7-8-9-10-11-12-16(13-17(2)14-22-15-17)18(19-3,20-4)21-5/h16H,6-15H2,1-5H3. The smallest absolute Gasteiger partial charge is 0.285 e. The molecule has 1 saturated heterocycles. The molecule has 0 bridgehead atoms. The SMILES string of the molecule is CCCCCCCCC(CC1(C)COC1)C(OC)(OC)OC. The van der Waals surface area contributed by atoms with Gasteiger partial charge in [0, 0.05) is 32.7 Å². The monoisotopic (exact) mass is 316 g/mol. The first-order valence-corrected chi connectivity index (χ1v) is 8.79. The number of hydrogen-bond acceptors (Lipinski definition) is 4. The number of rotatable bonds is 13. The molecule has 0 aliphatic carbocycles. The van der Waals surface area contributed by atoms with Gasteiger partial charge in [-0.15, -0.1) is 0 Å². The fourth-order valence-corrected chi connectivity index (χ4v) is 3.49. The third-order valence-electron chi connectivity index (χ3n) is 4.90. The lowest BCUT2D eigenvalue weighted by atomic mass is 9.76. The minimum absolute atomic E-state index is 0.229. The van der Waals surface area contributed by atoms with Crippen molar-refractivity contribution in [3.8, 4) is 0 Å². The van der Waals surface area contributed by atoms with E-state index in [9.17, 15) is 0 Å². The molecule has 1 rings (SSSR count). The molecule has 1 fully saturated rings. The van der Waals surface area contributed by atoms with Crippen molar-refractivity contribution in [3.63, 3.8) is 0 Å². The van der Waals surface area contributed by atoms with Gasteiger partial charge in [-0.25, -0.2) is 0 Å². The molecule has 0 amide bonds. The number of ether oxygens (including phenoxy) is 4. The largest absolute Gasteiger partial charge is 0.380 e. The average molecular weight is 316 g/mol. The molecule has 0 spiro atoms. The van der Waals surface area contributed by atoms with E-state index in [4.69, 9.17) is 18.9 Å². The van der Waals surface area contributed by atoms with Crippen LogP contribution in [-0.2, 0) is 18.9 Å². The van der Waals surface area contributed by atoms with Crippen LogP contribution >= 0.6 is 0 Å². The normalized spacial score (nSPS) is 19.0. The Morgan fingerprint density at radius 2 is 1.50 bits per heavy atom. The second-order valence-corrected chi connectivity index (χ2v) is 6.98. The fraction of sp³-hybridized carbons (Fsp3) is 1.00. The minimum atomic E-state index is -0.929. The Hall–Kier alpha value is -0.160. The summed E-state index contributed by atoms with van der Waals surface area (Å²) in [4.78, 5) is 0. The highest BCUT2D eigenvalue weighted by molar-refractivity contribution is 4.86. The summed E-state index contributed by atoms with van der Waals surface area (Å²) >= 11 is 0. The van der Waals surface area contributed by atoms with E-state index in [0.29, 0.717) is 0 Å². The quantitative estimate of drug-likeness (QED) is 0.373. The molecule has 4 nitrogen and oxygen atoms in total. The zero-order valence-electron chi connectivity index (χ0n) is 15.3. The van der Waals surface area contributed by atoms with Gasteiger partial charge in [0.2, 0.25) is 0 Å². The van der Waals surface area contributed by atoms with Gasteiger partial charge in [0.1, 0.15) is 0 Å². The van der Waals surface area contributed by atoms with Crippen molar-refractivity contribution in [2.24, 2.45) is 11.3 Å². The van der Waals surface area contributed by atoms with E-state index in [1.807, 2.05) is 0 Å². The first-order chi connectivity index (χ1) is 10.6. The number of hydrogen-bond donors (Lipinski definition) is 0. The van der Waals surface area contributed by atoms with E-state index in [0.717, 1.165) is 26.1 Å². The lowest BCUT2D eigenvalue weighted by Gasteiger charge is -2.45. The maximum atomic E-state index is 5.62. The molecule has 1 heterocycles. The molecule has 0 aromatic carbocycles. The van der Waals surface area contributed by atoms with Gasteiger partial charge < -0.3 is 18.9 Å². The Morgan fingerprint density at radius 1 is 0.955 bits per heavy atom. The summed E-state index contributed by atoms with van der Waals surface area (Å²) in [5.41, 5.74) is 0.230. The van der Waals surface area contributed by atoms with E-state index >= 15 is 0 Å². The van der Waals surface area contributed by atoms with E-state index in [-0.39, 0.29) is 11.3 Å². The molecule has 1 unspecified atom stereocenters. The summed E-state index contributed by atoms with van der Waals surface area (Å²) in [7, 11) is 5.00. The lowest BCUT2D eigenvalue weighted by Crippen LogP contribution is -2.49. The summed E-state index contributed by atoms with van der Waals surface area (Å²) in [6.07, 6.45) is 9.85. The summed E-state index contributed by atoms with van der Waals surface area (Å²) in [6.45, 7) is 6.18. The van der Waals surface area contributed by atoms with Gasteiger partial charge >= 0.3 is 0 Å². The van der Waals surface area contributed by atoms with Crippen LogP contribution in [0.1, 0.15) is 65.2 Å². The van der Waals surface area contributed by atoms with Crippen molar-refractivity contribution in [2.75, 3.05) is 34.5 Å². The maximum Gasteiger partial charge on any atom is 0.285 e. The van der Waals surface area contributed by atoms with Gasteiger partial charge in [-0.05, 0) is 12.8 Å². The Balaban J connectivity index is 2.53. The Bertz CT molecular complexity index is 277. The van der Waals surface area contributed by atoms with Crippen LogP contribution in [-0.4, -0.2) is 40.5 Å². The first kappa shape index (κ1) is 19.9. The van der Waals surface area contributed by atoms with E-state index < -0.39 is 5.97 Å². The van der Waals surface area contributed by atoms with Crippen LogP contribution in [0.25, 0.3) is 0 Å². The Labute approximate surface area is 136 Å². The van der Waals surface area contributed by atoms with Gasteiger partial charge in [0.15, 0.2) is 0 Å². The summed E-state index contributed by atoms with van der Waals surface area (Å²) < 4.78 is 22.3. The third-order valence-corrected chi connectivity index (χ3v) is 4.90. The zero-order valence-corrected chi connectivity index (χ0v) is 15.3. The van der Waals surface area contributed by atoms with Gasteiger partial charge in [-0.1, -0.05) is 52.4 Å². The van der Waals surface area contributed by atoms with Crippen LogP contribution in [0.2, 0.25) is 0 Å². The molecule has 1 atom stereocenters. The molecular weight excluding hydrogens is 280 g/mol. The van der Waals surface area contributed by atoms with E-state index in [1.165, 1.54) is 38.5 Å². The van der Waals surface area contributed by atoms with Gasteiger partial charge in [0.05, 0.1) is 13.2 Å². The highest BCUT2D eigenvalue weighted by Crippen LogP contribution is 2.41. The molecule has 132 valence electrons. The second kappa shape index (κ2) is 9.86. The molecule has 4 heteroatoms. The van der Waals surface area contributed by atoms with Crippen molar-refractivity contribution in [1.29, 1.82) is 0 Å². The van der Waals surface area contributed by atoms with Crippen LogP contribution in [0, 0.1) is 11.3 Å². The van der Waals surface area contributed by atoms with Crippen LogP contribution < -0.4 is 0 Å². The summed E-state index contributed by atoms with van der Waals surface area (Å²) in [5, 5.41) is 0. The molecule has 0 aromatic rings. The average Bonchev–Trinajstić information content (AvgIpc) is 2.51. The molecule has 1 aliphatic rings. The fourth-order valence-electron chi connectivity index (χ4n) is 3.49. The number of methoxy groups -OCH3 is 3. The maximum absolute atomic E-state index is 5.62. The van der Waals surface area contributed by atoms with Crippen LogP contribution in [0.3, 0.4) is 0 Å². The lowest BCUT2D eigenvalue weighted by molar-refractivity contribution is -0.384. The van der Waals surface area contributed by atoms with Crippen molar-refractivity contribution < 1.29 is 18.9 Å². The van der Waals surface area contributed by atoms with Crippen molar-refractivity contribution in [3.05, 3.63) is 0 Å². The predicted molar refractivity (Wildman–Crippen MR) is 88.8 cm³/mol. The van der Waals surface area contributed by atoms with Crippen molar-refractivity contribution in [2.45, 2.75) is 71.2 Å². The summed E-state index contributed by atoms with van der Waals surface area (Å²) in [6, 6.07) is 0. The number of unbranched alkanes of at least 4 members (excludes halogenated alkanes) is 5. The highest BCUT2D eigenvalue weighted by atomic mass is 16.9. The van der Waals surface area contributed by atoms with Gasteiger partial charge in [0.25, 0.3) is 5.97 Å². The molecule has 0 radical (unpaired) electrons. The zero-order chi connectivity index (χ0) is 16.5. The van der Waals surface area contributed by atoms with Gasteiger partial charge in [-0.2, -0.15) is 0 Å². The molecule has 0 saturated carbocycles. The van der Waals surface area contributed by atoms with Crippen LogP contribution in [0.15, 0.2) is 0 Å². The van der Waals surface area contributed by atoms with Crippen LogP contribution in [0.4, 0.5) is 0 Å². The van der Waals surface area contributed by atoms with Gasteiger partial charge in [-0.3, -0.25) is 0 Å². The Kier molecular flexibility index (Phi) is 8.91. The molecule has 22 heavy (non-hydrogen) atoms. The van der Waals surface area contributed by atoms with Crippen LogP contribution in [0.5, 0.6) is 0 Å². The van der Waals surface area contributed by atoms with Crippen molar-refractivity contribution in [1.82, 2.24) is 0 Å². The molecule has 0 N–H and O–H groups in total. The van der Waals surface area contributed by atoms with E-state index in [2.05, 4.69) is 13.8 Å². The minimum Gasteiger partial charge on any atom is -0.380 e.